The van der Waals surface area contributed by atoms with Gasteiger partial charge in [-0.25, -0.2) is 0 Å². The third kappa shape index (κ3) is 9.13. The Morgan fingerprint density at radius 3 is 1.00 bits per heavy atom. The van der Waals surface area contributed by atoms with Crippen LogP contribution in [-0.4, -0.2) is 20.2 Å². The topological polar surface area (TPSA) is 0 Å². The molecule has 0 radical (unpaired) electrons. The molecule has 0 aliphatic heterocycles. The van der Waals surface area contributed by atoms with Gasteiger partial charge in [-0.3, -0.25) is 0 Å². The molecule has 0 spiro atoms. The Balaban J connectivity index is 3.87. The van der Waals surface area contributed by atoms with Crippen molar-refractivity contribution in [3.8, 4) is 0 Å². The van der Waals surface area contributed by atoms with Crippen LogP contribution in [0.15, 0.2) is 0 Å². The van der Waals surface area contributed by atoms with Crippen molar-refractivity contribution >= 4 is 20.2 Å². The van der Waals surface area contributed by atoms with Crippen LogP contribution in [0.1, 0.15) is 41.5 Å². The molecule has 1 heteroatoms. The van der Waals surface area contributed by atoms with Crippen LogP contribution in [0.2, 0.25) is 13.1 Å². The summed E-state index contributed by atoms with van der Waals surface area (Å²) in [6.45, 7) is 14.3. The molecule has 0 rings (SSSR count). The third-order valence-corrected chi connectivity index (χ3v) is 12.5. The molecule has 0 unspecified atom stereocenters. The van der Waals surface area contributed by atoms with Crippen molar-refractivity contribution in [2.45, 2.75) is 54.6 Å². The molecule has 0 atom stereocenters. The van der Waals surface area contributed by atoms with Crippen LogP contribution in [0.25, 0.3) is 0 Å². The number of rotatable bonds is 6. The van der Waals surface area contributed by atoms with E-state index in [4.69, 9.17) is 0 Å². The van der Waals surface area contributed by atoms with Crippen molar-refractivity contribution in [2.24, 2.45) is 17.8 Å². The van der Waals surface area contributed by atoms with E-state index in [1.165, 1.54) is 0 Å². The third-order valence-electron chi connectivity index (χ3n) is 1.87. The molecule has 0 saturated carbocycles. The predicted molar refractivity (Wildman–Crippen MR) is 64.7 cm³/mol. The van der Waals surface area contributed by atoms with Gasteiger partial charge in [-0.15, -0.1) is 0 Å². The minimum absolute atomic E-state index is 0.844. The molecule has 0 heterocycles. The number of hydrogen-bond donors (Lipinski definition) is 0. The predicted octanol–water partition coefficient (Wildman–Crippen LogP) is 4.45. The standard InChI is InChI=1S/3C4H9.Sb/c3*1-4(2)3;/h3*4H,1H2,2-3H3;. The summed E-state index contributed by atoms with van der Waals surface area (Å²) in [4.78, 5) is 0. The first-order valence-electron chi connectivity index (χ1n) is 5.64. The summed E-state index contributed by atoms with van der Waals surface area (Å²) < 4.78 is 4.79. The van der Waals surface area contributed by atoms with Gasteiger partial charge in [-0.1, -0.05) is 0 Å². The van der Waals surface area contributed by atoms with Gasteiger partial charge in [0.15, 0.2) is 0 Å². The van der Waals surface area contributed by atoms with Gasteiger partial charge < -0.3 is 0 Å². The molecule has 0 aromatic carbocycles. The molecule has 0 nitrogen and oxygen atoms in total. The quantitative estimate of drug-likeness (QED) is 0.635. The van der Waals surface area contributed by atoms with Gasteiger partial charge in [0.05, 0.1) is 0 Å². The summed E-state index contributed by atoms with van der Waals surface area (Å²) in [5.41, 5.74) is 0. The van der Waals surface area contributed by atoms with Crippen molar-refractivity contribution < 1.29 is 0 Å². The summed E-state index contributed by atoms with van der Waals surface area (Å²) in [6, 6.07) is 0. The molecule has 0 saturated heterocycles. The van der Waals surface area contributed by atoms with E-state index in [0.717, 1.165) is 17.8 Å². The summed E-state index contributed by atoms with van der Waals surface area (Å²) >= 11 is -0.844. The molecule has 0 aliphatic rings. The van der Waals surface area contributed by atoms with E-state index in [1.807, 2.05) is 0 Å². The van der Waals surface area contributed by atoms with Crippen molar-refractivity contribution in [1.82, 2.24) is 0 Å². The molecule has 0 fully saturated rings. The van der Waals surface area contributed by atoms with Crippen LogP contribution in [0, 0.1) is 17.8 Å². The zero-order chi connectivity index (χ0) is 10.4. The fourth-order valence-corrected chi connectivity index (χ4v) is 11.9. The second kappa shape index (κ2) is 7.16. The maximum atomic E-state index is 2.39. The average molecular weight is 293 g/mol. The van der Waals surface area contributed by atoms with Gasteiger partial charge in [0.2, 0.25) is 0 Å². The fraction of sp³-hybridized carbons (Fsp3) is 1.00. The van der Waals surface area contributed by atoms with Crippen LogP contribution >= 0.6 is 0 Å². The zero-order valence-corrected chi connectivity index (χ0v) is 12.9. The first kappa shape index (κ1) is 13.8. The molecular weight excluding hydrogens is 266 g/mol. The van der Waals surface area contributed by atoms with Gasteiger partial charge in [0, 0.05) is 0 Å². The van der Waals surface area contributed by atoms with Gasteiger partial charge in [-0.2, -0.15) is 0 Å². The monoisotopic (exact) mass is 292 g/mol. The molecule has 80 valence electrons. The molecule has 13 heavy (non-hydrogen) atoms. The van der Waals surface area contributed by atoms with Crippen molar-refractivity contribution in [2.75, 3.05) is 0 Å². The fourth-order valence-electron chi connectivity index (χ4n) is 1.77. The second-order valence-electron chi connectivity index (χ2n) is 5.40. The van der Waals surface area contributed by atoms with E-state index < -0.39 is 20.2 Å². The van der Waals surface area contributed by atoms with E-state index in [9.17, 15) is 0 Å². The van der Waals surface area contributed by atoms with Crippen LogP contribution in [0.4, 0.5) is 0 Å². The van der Waals surface area contributed by atoms with E-state index in [1.54, 1.807) is 13.1 Å². The molecule has 0 aromatic heterocycles. The van der Waals surface area contributed by atoms with Gasteiger partial charge in [-0.05, 0) is 0 Å². The van der Waals surface area contributed by atoms with Gasteiger partial charge >= 0.3 is 92.6 Å². The normalized spacial score (nSPS) is 12.5. The minimum atomic E-state index is -0.844. The molecule has 0 aliphatic carbocycles. The van der Waals surface area contributed by atoms with Crippen molar-refractivity contribution in [3.05, 3.63) is 0 Å². The Kier molecular flexibility index (Phi) is 7.61. The Bertz CT molecular complexity index is 92.5. The van der Waals surface area contributed by atoms with Crippen LogP contribution in [0.3, 0.4) is 0 Å². The molecule has 0 N–H and O–H groups in total. The Morgan fingerprint density at radius 2 is 0.846 bits per heavy atom. The van der Waals surface area contributed by atoms with E-state index in [-0.39, 0.29) is 0 Å². The molecular formula is C12H27Sb. The summed E-state index contributed by atoms with van der Waals surface area (Å²) in [5, 5.41) is 0. The van der Waals surface area contributed by atoms with Crippen molar-refractivity contribution in [1.29, 1.82) is 0 Å². The van der Waals surface area contributed by atoms with Crippen LogP contribution < -0.4 is 0 Å². The van der Waals surface area contributed by atoms with Gasteiger partial charge in [0.25, 0.3) is 0 Å². The average Bonchev–Trinajstić information content (AvgIpc) is 1.80. The van der Waals surface area contributed by atoms with E-state index in [2.05, 4.69) is 41.5 Å². The van der Waals surface area contributed by atoms with Crippen molar-refractivity contribution in [3.63, 3.8) is 0 Å². The van der Waals surface area contributed by atoms with E-state index in [0.29, 0.717) is 0 Å². The van der Waals surface area contributed by atoms with Crippen LogP contribution in [-0.2, 0) is 0 Å². The second-order valence-corrected chi connectivity index (χ2v) is 12.4. The summed E-state index contributed by atoms with van der Waals surface area (Å²) in [5.74, 6) is 2.83. The Morgan fingerprint density at radius 1 is 0.615 bits per heavy atom. The van der Waals surface area contributed by atoms with E-state index >= 15 is 0 Å². The first-order valence-corrected chi connectivity index (χ1v) is 11.1. The maximum absolute atomic E-state index is 2.39. The molecule has 0 bridgehead atoms. The molecule has 0 aromatic rings. The summed E-state index contributed by atoms with van der Waals surface area (Å²) in [6.07, 6.45) is 0. The molecule has 0 amide bonds. The zero-order valence-electron chi connectivity index (χ0n) is 10.3. The number of hydrogen-bond acceptors (Lipinski definition) is 0. The summed E-state index contributed by atoms with van der Waals surface area (Å²) in [7, 11) is 0. The Labute approximate surface area is 92.4 Å². The van der Waals surface area contributed by atoms with Gasteiger partial charge in [0.1, 0.15) is 0 Å². The SMILES string of the molecule is CC(C)[CH2][Sb]([CH2]C(C)C)[CH2]C(C)C. The first-order chi connectivity index (χ1) is 5.91. The Hall–Kier alpha value is 0.818. The van der Waals surface area contributed by atoms with Crippen LogP contribution in [0.5, 0.6) is 0 Å².